The zero-order chi connectivity index (χ0) is 16.7. The molecule has 5 nitrogen and oxygen atoms in total. The third kappa shape index (κ3) is 0.924. The van der Waals surface area contributed by atoms with E-state index >= 15 is 0 Å². The van der Waals surface area contributed by atoms with Gasteiger partial charge in [0, 0.05) is 28.6 Å². The van der Waals surface area contributed by atoms with Crippen LogP contribution in [0.4, 0.5) is 0 Å². The van der Waals surface area contributed by atoms with Gasteiger partial charge in [-0.2, -0.15) is 0 Å². The first kappa shape index (κ1) is 13.9. The molecular formula is C19H22O5. The first-order chi connectivity index (χ1) is 11.4. The molecule has 1 unspecified atom stereocenters. The van der Waals surface area contributed by atoms with Gasteiger partial charge >= 0.3 is 11.9 Å². The number of fused-ring (bicyclic) bond motifs is 1. The van der Waals surface area contributed by atoms with Crippen LogP contribution in [0.3, 0.4) is 0 Å². The maximum atomic E-state index is 12.9. The van der Waals surface area contributed by atoms with Crippen LogP contribution in [0.15, 0.2) is 0 Å². The second-order valence-electron chi connectivity index (χ2n) is 9.32. The van der Waals surface area contributed by atoms with Crippen LogP contribution < -0.4 is 0 Å². The Morgan fingerprint density at radius 2 is 2.04 bits per heavy atom. The highest BCUT2D eigenvalue weighted by molar-refractivity contribution is 5.98. The summed E-state index contributed by atoms with van der Waals surface area (Å²) in [5, 5.41) is 0. The van der Waals surface area contributed by atoms with E-state index in [1.165, 1.54) is 7.11 Å². The van der Waals surface area contributed by atoms with E-state index < -0.39 is 11.0 Å². The fourth-order valence-corrected chi connectivity index (χ4v) is 8.79. The fourth-order valence-electron chi connectivity index (χ4n) is 8.79. The minimum absolute atomic E-state index is 0.0719. The molecule has 7 fully saturated rings. The smallest absolute Gasteiger partial charge is 0.312 e. The van der Waals surface area contributed by atoms with Gasteiger partial charge in [-0.05, 0) is 45.4 Å². The number of hydrogen-bond acceptors (Lipinski definition) is 5. The molecule has 2 spiro atoms. The Morgan fingerprint density at radius 3 is 2.79 bits per heavy atom. The molecule has 0 aromatic heterocycles. The van der Waals surface area contributed by atoms with E-state index in [1.807, 2.05) is 6.92 Å². The largest absolute Gasteiger partial charge is 0.469 e. The Kier molecular flexibility index (Phi) is 1.99. The average molecular weight is 330 g/mol. The molecular weight excluding hydrogens is 308 g/mol. The first-order valence-corrected chi connectivity index (χ1v) is 9.26. The molecule has 5 heteroatoms. The summed E-state index contributed by atoms with van der Waals surface area (Å²) >= 11 is 0. The minimum Gasteiger partial charge on any atom is -0.469 e. The Morgan fingerprint density at radius 1 is 1.25 bits per heavy atom. The lowest BCUT2D eigenvalue weighted by Gasteiger charge is -2.46. The van der Waals surface area contributed by atoms with Gasteiger partial charge in [-0.15, -0.1) is 0 Å². The van der Waals surface area contributed by atoms with E-state index in [2.05, 4.69) is 0 Å². The third-order valence-electron chi connectivity index (χ3n) is 9.19. The molecule has 6 bridgehead atoms. The van der Waals surface area contributed by atoms with Gasteiger partial charge in [-0.25, -0.2) is 0 Å². The van der Waals surface area contributed by atoms with Crippen LogP contribution in [0.25, 0.3) is 0 Å². The number of carbonyl (C=O) groups excluding carboxylic acids is 3. The predicted molar refractivity (Wildman–Crippen MR) is 80.5 cm³/mol. The summed E-state index contributed by atoms with van der Waals surface area (Å²) in [7, 11) is 1.43. The molecule has 0 amide bonds. The van der Waals surface area contributed by atoms with Crippen LogP contribution in [0, 0.1) is 39.9 Å². The number of methoxy groups -OCH3 is 1. The molecule has 6 aliphatic carbocycles. The van der Waals surface area contributed by atoms with Crippen molar-refractivity contribution in [3.8, 4) is 0 Å². The first-order valence-electron chi connectivity index (χ1n) is 9.26. The Bertz CT molecular complexity index is 744. The highest BCUT2D eigenvalue weighted by Gasteiger charge is 3.01. The third-order valence-corrected chi connectivity index (χ3v) is 9.19. The quantitative estimate of drug-likeness (QED) is 0.687. The Labute approximate surface area is 140 Å². The molecule has 128 valence electrons. The summed E-state index contributed by atoms with van der Waals surface area (Å²) in [6, 6.07) is 0. The predicted octanol–water partition coefficient (Wildman–Crippen LogP) is 1.88. The molecule has 1 heterocycles. The molecule has 7 rings (SSSR count). The van der Waals surface area contributed by atoms with Gasteiger partial charge in [0.25, 0.3) is 0 Å². The minimum atomic E-state index is -0.596. The SMILES string of the molecule is COC(=O)[C@H]1[C@H]2[C@@]3(CCC[C@]2(C)C(=O)O3)[C@]23CC[C@@H]4C[C@]12C3C4=O. The van der Waals surface area contributed by atoms with Gasteiger partial charge in [-0.3, -0.25) is 14.4 Å². The highest BCUT2D eigenvalue weighted by Crippen LogP contribution is 2.96. The molecule has 0 aromatic carbocycles. The van der Waals surface area contributed by atoms with Crippen LogP contribution in [-0.2, 0) is 23.9 Å². The second-order valence-corrected chi connectivity index (χ2v) is 9.32. The van der Waals surface area contributed by atoms with Crippen molar-refractivity contribution in [3.63, 3.8) is 0 Å². The highest BCUT2D eigenvalue weighted by atomic mass is 16.6. The molecule has 8 atom stereocenters. The maximum Gasteiger partial charge on any atom is 0.312 e. The van der Waals surface area contributed by atoms with E-state index in [0.29, 0.717) is 5.78 Å². The van der Waals surface area contributed by atoms with E-state index in [9.17, 15) is 14.4 Å². The van der Waals surface area contributed by atoms with Gasteiger partial charge in [0.1, 0.15) is 11.4 Å². The zero-order valence-corrected chi connectivity index (χ0v) is 14.1. The van der Waals surface area contributed by atoms with Crippen molar-refractivity contribution < 1.29 is 23.9 Å². The number of ether oxygens (including phenoxy) is 2. The van der Waals surface area contributed by atoms with Crippen molar-refractivity contribution in [1.82, 2.24) is 0 Å². The lowest BCUT2D eigenvalue weighted by molar-refractivity contribution is -0.163. The van der Waals surface area contributed by atoms with Crippen LogP contribution in [0.5, 0.6) is 0 Å². The summed E-state index contributed by atoms with van der Waals surface area (Å²) in [4.78, 5) is 38.6. The Balaban J connectivity index is 1.64. The molecule has 1 saturated heterocycles. The van der Waals surface area contributed by atoms with Crippen LogP contribution >= 0.6 is 0 Å². The molecule has 0 N–H and O–H groups in total. The number of rotatable bonds is 1. The van der Waals surface area contributed by atoms with Crippen molar-refractivity contribution in [2.75, 3.05) is 7.11 Å². The van der Waals surface area contributed by atoms with Gasteiger partial charge < -0.3 is 9.47 Å². The Hall–Kier alpha value is -1.39. The van der Waals surface area contributed by atoms with Crippen LogP contribution in [0.1, 0.15) is 45.4 Å². The summed E-state index contributed by atoms with van der Waals surface area (Å²) in [5.41, 5.74) is -1.75. The maximum absolute atomic E-state index is 12.9. The lowest BCUT2D eigenvalue weighted by atomic mass is 9.56. The standard InChI is InChI=1S/C19H22O5/c1-16-5-3-6-19(24-15(16)22)12(16)10(14(21)23-2)17-8-9-4-7-18(17,19)13(17)11(9)20/h9-10,12-13H,3-8H2,1-2H3/t9-,10-,12-,13?,16+,17-,18+,19+/m1/s1. The number of Topliss-reactive ketones (excluding diaryl/α,β-unsaturated/α-hetero) is 1. The zero-order valence-electron chi connectivity index (χ0n) is 14.1. The molecule has 0 aromatic rings. The van der Waals surface area contributed by atoms with Crippen molar-refractivity contribution >= 4 is 17.7 Å². The summed E-state index contributed by atoms with van der Waals surface area (Å²) in [6.07, 6.45) is 5.16. The van der Waals surface area contributed by atoms with Crippen molar-refractivity contribution in [1.29, 1.82) is 0 Å². The molecule has 7 aliphatic rings. The van der Waals surface area contributed by atoms with Crippen molar-refractivity contribution in [2.45, 2.75) is 51.0 Å². The van der Waals surface area contributed by atoms with Crippen LogP contribution in [-0.4, -0.2) is 30.4 Å². The van der Waals surface area contributed by atoms with Gasteiger partial charge in [0.15, 0.2) is 0 Å². The molecule has 1 aliphatic heterocycles. The number of carbonyl (C=O) groups is 3. The molecule has 0 radical (unpaired) electrons. The van der Waals surface area contributed by atoms with E-state index in [0.717, 1.165) is 38.5 Å². The monoisotopic (exact) mass is 330 g/mol. The van der Waals surface area contributed by atoms with Gasteiger partial charge in [0.2, 0.25) is 0 Å². The van der Waals surface area contributed by atoms with E-state index in [-0.39, 0.29) is 46.4 Å². The van der Waals surface area contributed by atoms with E-state index in [1.54, 1.807) is 0 Å². The van der Waals surface area contributed by atoms with Gasteiger partial charge in [0.05, 0.1) is 18.4 Å². The number of hydrogen-bond donors (Lipinski definition) is 0. The van der Waals surface area contributed by atoms with Crippen LogP contribution in [0.2, 0.25) is 0 Å². The topological polar surface area (TPSA) is 69.7 Å². The molecule has 6 saturated carbocycles. The van der Waals surface area contributed by atoms with Crippen molar-refractivity contribution in [2.24, 2.45) is 39.9 Å². The summed E-state index contributed by atoms with van der Waals surface area (Å²) in [6.45, 7) is 1.98. The normalized spacial score (nSPS) is 61.2. The second kappa shape index (κ2) is 3.45. The van der Waals surface area contributed by atoms with E-state index in [4.69, 9.17) is 9.47 Å². The number of esters is 2. The fraction of sp³-hybridized carbons (Fsp3) is 0.842. The number of ketones is 1. The van der Waals surface area contributed by atoms with Crippen molar-refractivity contribution in [3.05, 3.63) is 0 Å². The average Bonchev–Trinajstić information content (AvgIpc) is 2.97. The summed E-state index contributed by atoms with van der Waals surface area (Å²) < 4.78 is 11.4. The molecule has 24 heavy (non-hydrogen) atoms. The van der Waals surface area contributed by atoms with Gasteiger partial charge in [-0.1, -0.05) is 0 Å². The summed E-state index contributed by atoms with van der Waals surface area (Å²) in [5.74, 6) is -0.463. The lowest BCUT2D eigenvalue weighted by Crippen LogP contribution is -2.53.